The molecule has 17 heavy (non-hydrogen) atoms. The standard InChI is InChI=1S/C13H16N3O/c1-2-7-16-8-5-11(6-9-16)13-15-14-12(17-13)10-3-4-10/h5-6,8-10H,2-4,7H2,1H3/q+1. The van der Waals surface area contributed by atoms with Crippen molar-refractivity contribution in [2.75, 3.05) is 0 Å². The summed E-state index contributed by atoms with van der Waals surface area (Å²) >= 11 is 0. The topological polar surface area (TPSA) is 42.8 Å². The van der Waals surface area contributed by atoms with Gasteiger partial charge in [0.15, 0.2) is 12.4 Å². The molecule has 0 atom stereocenters. The molecule has 4 nitrogen and oxygen atoms in total. The van der Waals surface area contributed by atoms with Gasteiger partial charge in [-0.05, 0) is 12.8 Å². The highest BCUT2D eigenvalue weighted by Crippen LogP contribution is 2.39. The van der Waals surface area contributed by atoms with Crippen molar-refractivity contribution in [3.8, 4) is 11.5 Å². The minimum atomic E-state index is 0.519. The molecule has 2 aromatic rings. The van der Waals surface area contributed by atoms with Gasteiger partial charge in [-0.25, -0.2) is 4.57 Å². The Hall–Kier alpha value is -1.71. The second kappa shape index (κ2) is 4.28. The van der Waals surface area contributed by atoms with E-state index >= 15 is 0 Å². The molecule has 0 aliphatic heterocycles. The van der Waals surface area contributed by atoms with Crippen LogP contribution in [0, 0.1) is 0 Å². The third-order valence-electron chi connectivity index (χ3n) is 2.99. The fourth-order valence-electron chi connectivity index (χ4n) is 1.85. The molecule has 2 aromatic heterocycles. The SMILES string of the molecule is CCC[n+]1ccc(-c2nnc(C3CC3)o2)cc1. The smallest absolute Gasteiger partial charge is 0.248 e. The van der Waals surface area contributed by atoms with E-state index in [1.54, 1.807) is 0 Å². The van der Waals surface area contributed by atoms with E-state index in [2.05, 4.69) is 34.1 Å². The van der Waals surface area contributed by atoms with Crippen LogP contribution < -0.4 is 4.57 Å². The second-order valence-corrected chi connectivity index (χ2v) is 4.54. The highest BCUT2D eigenvalue weighted by molar-refractivity contribution is 5.50. The summed E-state index contributed by atoms with van der Waals surface area (Å²) in [6, 6.07) is 4.06. The predicted octanol–water partition coefficient (Wildman–Crippen LogP) is 2.31. The normalized spacial score (nSPS) is 15.1. The lowest BCUT2D eigenvalue weighted by atomic mass is 10.2. The first-order valence-corrected chi connectivity index (χ1v) is 6.19. The molecule has 0 amide bonds. The van der Waals surface area contributed by atoms with Crippen molar-refractivity contribution in [3.05, 3.63) is 30.4 Å². The molecule has 0 radical (unpaired) electrons. The van der Waals surface area contributed by atoms with Crippen LogP contribution >= 0.6 is 0 Å². The molecular weight excluding hydrogens is 214 g/mol. The Kier molecular flexibility index (Phi) is 2.63. The average molecular weight is 230 g/mol. The van der Waals surface area contributed by atoms with Gasteiger partial charge in [-0.2, -0.15) is 0 Å². The van der Waals surface area contributed by atoms with Crippen LogP contribution in [0.4, 0.5) is 0 Å². The molecule has 1 aliphatic carbocycles. The van der Waals surface area contributed by atoms with Crippen LogP contribution in [0.25, 0.3) is 11.5 Å². The molecule has 4 heteroatoms. The van der Waals surface area contributed by atoms with Crippen LogP contribution in [0.5, 0.6) is 0 Å². The first-order chi connectivity index (χ1) is 8.36. The van der Waals surface area contributed by atoms with Gasteiger partial charge in [0.1, 0.15) is 6.54 Å². The van der Waals surface area contributed by atoms with Crippen molar-refractivity contribution in [1.82, 2.24) is 10.2 Å². The second-order valence-electron chi connectivity index (χ2n) is 4.54. The van der Waals surface area contributed by atoms with Crippen molar-refractivity contribution in [1.29, 1.82) is 0 Å². The van der Waals surface area contributed by atoms with E-state index in [9.17, 15) is 0 Å². The number of hydrogen-bond acceptors (Lipinski definition) is 3. The lowest BCUT2D eigenvalue weighted by molar-refractivity contribution is -0.696. The summed E-state index contributed by atoms with van der Waals surface area (Å²) in [5.74, 6) is 1.95. The van der Waals surface area contributed by atoms with E-state index in [1.165, 1.54) is 12.8 Å². The van der Waals surface area contributed by atoms with Gasteiger partial charge in [0.05, 0.1) is 5.56 Å². The minimum absolute atomic E-state index is 0.519. The maximum absolute atomic E-state index is 5.66. The number of aryl methyl sites for hydroxylation is 1. The summed E-state index contributed by atoms with van der Waals surface area (Å²) < 4.78 is 7.82. The molecule has 1 aliphatic rings. The third kappa shape index (κ3) is 2.20. The van der Waals surface area contributed by atoms with E-state index in [0.717, 1.165) is 24.4 Å². The lowest BCUT2D eigenvalue weighted by Gasteiger charge is -1.95. The molecule has 88 valence electrons. The summed E-state index contributed by atoms with van der Waals surface area (Å²) in [6.07, 6.45) is 7.62. The third-order valence-corrected chi connectivity index (χ3v) is 2.99. The van der Waals surface area contributed by atoms with E-state index in [-0.39, 0.29) is 0 Å². The summed E-state index contributed by atoms with van der Waals surface area (Å²) in [5, 5.41) is 8.19. The molecule has 0 N–H and O–H groups in total. The van der Waals surface area contributed by atoms with Gasteiger partial charge in [-0.15, -0.1) is 10.2 Å². The van der Waals surface area contributed by atoms with Gasteiger partial charge in [0.25, 0.3) is 0 Å². The molecule has 0 spiro atoms. The van der Waals surface area contributed by atoms with Gasteiger partial charge < -0.3 is 4.42 Å². The molecule has 0 bridgehead atoms. The number of nitrogens with zero attached hydrogens (tertiary/aromatic N) is 3. The highest BCUT2D eigenvalue weighted by Gasteiger charge is 2.29. The monoisotopic (exact) mass is 230 g/mol. The molecule has 0 saturated heterocycles. The zero-order valence-corrected chi connectivity index (χ0v) is 9.97. The largest absolute Gasteiger partial charge is 0.420 e. The average Bonchev–Trinajstić information content (AvgIpc) is 3.09. The van der Waals surface area contributed by atoms with Crippen LogP contribution in [-0.2, 0) is 6.54 Å². The van der Waals surface area contributed by atoms with Crippen molar-refractivity contribution in [3.63, 3.8) is 0 Å². The molecule has 3 rings (SSSR count). The molecule has 0 unspecified atom stereocenters. The zero-order valence-electron chi connectivity index (χ0n) is 9.97. The quantitative estimate of drug-likeness (QED) is 0.757. The lowest BCUT2D eigenvalue weighted by Crippen LogP contribution is -2.31. The summed E-state index contributed by atoms with van der Waals surface area (Å²) in [5.41, 5.74) is 0.997. The van der Waals surface area contributed by atoms with Gasteiger partial charge in [-0.1, -0.05) is 6.92 Å². The first-order valence-electron chi connectivity index (χ1n) is 6.19. The highest BCUT2D eigenvalue weighted by atomic mass is 16.4. The maximum Gasteiger partial charge on any atom is 0.248 e. The Morgan fingerprint density at radius 2 is 2.06 bits per heavy atom. The number of rotatable bonds is 4. The van der Waals surface area contributed by atoms with E-state index < -0.39 is 0 Å². The van der Waals surface area contributed by atoms with Gasteiger partial charge in [0.2, 0.25) is 11.8 Å². The van der Waals surface area contributed by atoms with Crippen molar-refractivity contribution in [2.45, 2.75) is 38.6 Å². The number of pyridine rings is 1. The van der Waals surface area contributed by atoms with Gasteiger partial charge in [-0.3, -0.25) is 0 Å². The van der Waals surface area contributed by atoms with Gasteiger partial charge >= 0.3 is 0 Å². The summed E-state index contributed by atoms with van der Waals surface area (Å²) in [7, 11) is 0. The van der Waals surface area contributed by atoms with Crippen LogP contribution in [0.1, 0.15) is 38.0 Å². The fourth-order valence-corrected chi connectivity index (χ4v) is 1.85. The molecule has 2 heterocycles. The van der Waals surface area contributed by atoms with E-state index in [1.807, 2.05) is 12.1 Å². The van der Waals surface area contributed by atoms with Crippen LogP contribution in [0.3, 0.4) is 0 Å². The van der Waals surface area contributed by atoms with Crippen molar-refractivity contribution >= 4 is 0 Å². The zero-order chi connectivity index (χ0) is 11.7. The maximum atomic E-state index is 5.66. The Morgan fingerprint density at radius 1 is 1.29 bits per heavy atom. The van der Waals surface area contributed by atoms with Crippen molar-refractivity contribution < 1.29 is 8.98 Å². The predicted molar refractivity (Wildman–Crippen MR) is 62.2 cm³/mol. The molecular formula is C13H16N3O+. The summed E-state index contributed by atoms with van der Waals surface area (Å²) in [6.45, 7) is 3.21. The summed E-state index contributed by atoms with van der Waals surface area (Å²) in [4.78, 5) is 0. The van der Waals surface area contributed by atoms with Crippen molar-refractivity contribution in [2.24, 2.45) is 0 Å². The Bertz CT molecular complexity index is 500. The van der Waals surface area contributed by atoms with E-state index in [4.69, 9.17) is 4.42 Å². The number of aromatic nitrogens is 3. The molecule has 0 aromatic carbocycles. The first kappa shape index (κ1) is 10.4. The Labute approximate surface area is 100 Å². The fraction of sp³-hybridized carbons (Fsp3) is 0.462. The molecule has 1 saturated carbocycles. The van der Waals surface area contributed by atoms with Gasteiger partial charge in [0, 0.05) is 24.5 Å². The van der Waals surface area contributed by atoms with E-state index in [0.29, 0.717) is 11.8 Å². The minimum Gasteiger partial charge on any atom is -0.420 e. The Morgan fingerprint density at radius 3 is 2.71 bits per heavy atom. The van der Waals surface area contributed by atoms with Crippen LogP contribution in [0.2, 0.25) is 0 Å². The Balaban J connectivity index is 1.81. The number of hydrogen-bond donors (Lipinski definition) is 0. The van der Waals surface area contributed by atoms with Crippen LogP contribution in [0.15, 0.2) is 28.9 Å². The van der Waals surface area contributed by atoms with Crippen LogP contribution in [-0.4, -0.2) is 10.2 Å². The molecule has 1 fully saturated rings.